The van der Waals surface area contributed by atoms with Crippen molar-refractivity contribution in [2.45, 2.75) is 97.0 Å². The maximum Gasteiger partial charge on any atom is 0.472 e. The maximum atomic E-state index is 12.4. The van der Waals surface area contributed by atoms with E-state index in [-0.39, 0.29) is 26.1 Å². The molecule has 2 unspecified atom stereocenters. The van der Waals surface area contributed by atoms with E-state index in [0.717, 1.165) is 44.9 Å². The molecule has 2 atom stereocenters. The van der Waals surface area contributed by atoms with Crippen LogP contribution in [0.4, 0.5) is 0 Å². The molecule has 0 aromatic rings. The van der Waals surface area contributed by atoms with Crippen molar-refractivity contribution in [3.05, 3.63) is 60.8 Å². The fraction of sp³-hybridized carbons (Fsp3) is 0.647. The zero-order chi connectivity index (χ0) is 32.9. The summed E-state index contributed by atoms with van der Waals surface area (Å²) in [5, 5.41) is 0. The largest absolute Gasteiger partial charge is 0.472 e. The lowest BCUT2D eigenvalue weighted by Gasteiger charge is -2.24. The third-order valence-corrected chi connectivity index (χ3v) is 7.05. The van der Waals surface area contributed by atoms with Gasteiger partial charge in [0.15, 0.2) is 6.10 Å². The lowest BCUT2D eigenvalue weighted by molar-refractivity contribution is -0.870. The number of esters is 2. The van der Waals surface area contributed by atoms with Gasteiger partial charge in [-0.05, 0) is 51.4 Å². The zero-order valence-corrected chi connectivity index (χ0v) is 28.8. The summed E-state index contributed by atoms with van der Waals surface area (Å²) in [6.07, 6.45) is 29.4. The Labute approximate surface area is 266 Å². The van der Waals surface area contributed by atoms with Gasteiger partial charge in [0.2, 0.25) is 0 Å². The van der Waals surface area contributed by atoms with Crippen LogP contribution in [0, 0.1) is 0 Å². The molecule has 0 saturated heterocycles. The lowest BCUT2D eigenvalue weighted by atomic mass is 10.2. The average molecular weight is 641 g/mol. The van der Waals surface area contributed by atoms with Gasteiger partial charge in [-0.25, -0.2) is 4.57 Å². The number of carbonyl (C=O) groups is 2. The number of phosphoric ester groups is 1. The maximum absolute atomic E-state index is 12.4. The van der Waals surface area contributed by atoms with E-state index in [0.29, 0.717) is 30.3 Å². The Balaban J connectivity index is 4.47. The molecule has 10 heteroatoms. The number of nitrogens with zero attached hydrogens (tertiary/aromatic N) is 1. The van der Waals surface area contributed by atoms with Crippen LogP contribution in [0.1, 0.15) is 90.9 Å². The van der Waals surface area contributed by atoms with Crippen molar-refractivity contribution in [3.63, 3.8) is 0 Å². The van der Waals surface area contributed by atoms with Gasteiger partial charge in [-0.15, -0.1) is 0 Å². The number of likely N-dealkylation sites (N-methyl/N-ethyl adjacent to an activating group) is 1. The summed E-state index contributed by atoms with van der Waals surface area (Å²) in [6.45, 7) is 4.00. The molecular formula is C34H59NO8P+. The van der Waals surface area contributed by atoms with Gasteiger partial charge in [0.1, 0.15) is 19.8 Å². The van der Waals surface area contributed by atoms with Crippen LogP contribution >= 0.6 is 7.82 Å². The molecule has 252 valence electrons. The normalized spacial score (nSPS) is 14.8. The molecule has 0 aliphatic carbocycles. The molecule has 0 aliphatic rings. The number of quaternary nitrogens is 1. The average Bonchev–Trinajstić information content (AvgIpc) is 2.95. The predicted molar refractivity (Wildman–Crippen MR) is 178 cm³/mol. The minimum atomic E-state index is -4.37. The van der Waals surface area contributed by atoms with E-state index in [4.69, 9.17) is 18.5 Å². The Morgan fingerprint density at radius 2 is 1.27 bits per heavy atom. The highest BCUT2D eigenvalue weighted by Gasteiger charge is 2.27. The number of allylic oxidation sites excluding steroid dienone is 10. The highest BCUT2D eigenvalue weighted by atomic mass is 31.2. The molecule has 0 amide bonds. The van der Waals surface area contributed by atoms with E-state index in [9.17, 15) is 19.0 Å². The molecule has 1 N–H and O–H groups in total. The van der Waals surface area contributed by atoms with E-state index in [1.165, 1.54) is 0 Å². The van der Waals surface area contributed by atoms with Crippen molar-refractivity contribution in [3.8, 4) is 0 Å². The summed E-state index contributed by atoms with van der Waals surface area (Å²) >= 11 is 0. The standard InChI is InChI=1S/C34H58NO8P/c1-6-8-10-11-12-13-14-15-16-17-18-19-20-21-22-23-25-27-34(37)43-32(30-40-33(36)26-24-9-7-2)31-42-44(38,39)41-29-28-35(3,4)5/h8,10,12-13,15-16,18-19,21-22,32H,6-7,9,11,14,17,20,23-31H2,1-5H3/p+1/b10-8-,13-12-,16-15-,19-18-,22-21-. The third-order valence-electron chi connectivity index (χ3n) is 6.06. The summed E-state index contributed by atoms with van der Waals surface area (Å²) in [4.78, 5) is 34.5. The zero-order valence-electron chi connectivity index (χ0n) is 27.9. The van der Waals surface area contributed by atoms with Crippen LogP contribution in [0.2, 0.25) is 0 Å². The summed E-state index contributed by atoms with van der Waals surface area (Å²) in [5.41, 5.74) is 0. The first-order chi connectivity index (χ1) is 21.0. The van der Waals surface area contributed by atoms with Crippen LogP contribution in [0.15, 0.2) is 60.8 Å². The smallest absolute Gasteiger partial charge is 0.462 e. The first-order valence-corrected chi connectivity index (χ1v) is 17.5. The Hall–Kier alpha value is -2.29. The van der Waals surface area contributed by atoms with Gasteiger partial charge in [0, 0.05) is 12.8 Å². The second kappa shape index (κ2) is 27.1. The molecule has 0 saturated carbocycles. The van der Waals surface area contributed by atoms with Gasteiger partial charge in [0.05, 0.1) is 27.7 Å². The van der Waals surface area contributed by atoms with Crippen LogP contribution in [-0.2, 0) is 32.7 Å². The molecule has 0 spiro atoms. The molecule has 0 fully saturated rings. The van der Waals surface area contributed by atoms with Crippen molar-refractivity contribution in [2.75, 3.05) is 47.5 Å². The number of hydrogen-bond donors (Lipinski definition) is 1. The van der Waals surface area contributed by atoms with Gasteiger partial charge in [-0.1, -0.05) is 87.4 Å². The molecule has 0 radical (unpaired) electrons. The quantitative estimate of drug-likeness (QED) is 0.0319. The topological polar surface area (TPSA) is 108 Å². The van der Waals surface area contributed by atoms with Gasteiger partial charge in [0.25, 0.3) is 0 Å². The summed E-state index contributed by atoms with van der Waals surface area (Å²) in [5.74, 6) is -0.907. The fourth-order valence-corrected chi connectivity index (χ4v) is 4.26. The molecule has 0 heterocycles. The van der Waals surface area contributed by atoms with Gasteiger partial charge < -0.3 is 18.9 Å². The molecule has 0 aromatic heterocycles. The fourth-order valence-electron chi connectivity index (χ4n) is 3.52. The monoisotopic (exact) mass is 640 g/mol. The van der Waals surface area contributed by atoms with Crippen molar-refractivity contribution in [2.24, 2.45) is 0 Å². The van der Waals surface area contributed by atoms with E-state index < -0.39 is 32.5 Å². The minimum absolute atomic E-state index is 0.0178. The SMILES string of the molecule is CC/C=C\C/C=C\C/C=C\C/C=C\C/C=C\CCCC(=O)OC(COC(=O)CCCCC)COP(=O)(O)OCC[N+](C)(C)C. The molecule has 0 aromatic carbocycles. The highest BCUT2D eigenvalue weighted by molar-refractivity contribution is 7.47. The Morgan fingerprint density at radius 1 is 0.727 bits per heavy atom. The van der Waals surface area contributed by atoms with E-state index in [2.05, 4.69) is 61.6 Å². The highest BCUT2D eigenvalue weighted by Crippen LogP contribution is 2.43. The Bertz CT molecular complexity index is 949. The molecule has 9 nitrogen and oxygen atoms in total. The number of hydrogen-bond acceptors (Lipinski definition) is 7. The van der Waals surface area contributed by atoms with Crippen molar-refractivity contribution < 1.29 is 42.1 Å². The molecular weight excluding hydrogens is 581 g/mol. The second-order valence-corrected chi connectivity index (χ2v) is 12.9. The number of unbranched alkanes of at least 4 members (excludes halogenated alkanes) is 3. The number of carbonyl (C=O) groups excluding carboxylic acids is 2. The van der Waals surface area contributed by atoms with Crippen molar-refractivity contribution >= 4 is 19.8 Å². The lowest BCUT2D eigenvalue weighted by Crippen LogP contribution is -2.37. The Kier molecular flexibility index (Phi) is 25.6. The number of ether oxygens (including phenoxy) is 2. The number of rotatable bonds is 27. The van der Waals surface area contributed by atoms with E-state index in [1.807, 2.05) is 34.1 Å². The first kappa shape index (κ1) is 41.7. The summed E-state index contributed by atoms with van der Waals surface area (Å²) in [6, 6.07) is 0. The first-order valence-electron chi connectivity index (χ1n) is 16.0. The molecule has 0 rings (SSSR count). The number of phosphoric acid groups is 1. The second-order valence-electron chi connectivity index (χ2n) is 11.5. The van der Waals surface area contributed by atoms with Crippen LogP contribution in [-0.4, -0.2) is 74.9 Å². The van der Waals surface area contributed by atoms with Crippen molar-refractivity contribution in [1.82, 2.24) is 0 Å². The minimum Gasteiger partial charge on any atom is -0.462 e. The molecule has 0 bridgehead atoms. The molecule has 44 heavy (non-hydrogen) atoms. The predicted octanol–water partition coefficient (Wildman–Crippen LogP) is 7.78. The van der Waals surface area contributed by atoms with Crippen LogP contribution < -0.4 is 0 Å². The van der Waals surface area contributed by atoms with Crippen LogP contribution in [0.5, 0.6) is 0 Å². The Morgan fingerprint density at radius 3 is 1.82 bits per heavy atom. The molecule has 0 aliphatic heterocycles. The third kappa shape index (κ3) is 29.8. The summed E-state index contributed by atoms with van der Waals surface area (Å²) in [7, 11) is 1.42. The van der Waals surface area contributed by atoms with E-state index >= 15 is 0 Å². The van der Waals surface area contributed by atoms with Crippen LogP contribution in [0.25, 0.3) is 0 Å². The van der Waals surface area contributed by atoms with Crippen LogP contribution in [0.3, 0.4) is 0 Å². The van der Waals surface area contributed by atoms with Gasteiger partial charge >= 0.3 is 19.8 Å². The van der Waals surface area contributed by atoms with Gasteiger partial charge in [-0.2, -0.15) is 0 Å². The van der Waals surface area contributed by atoms with E-state index in [1.54, 1.807) is 0 Å². The van der Waals surface area contributed by atoms with Gasteiger partial charge in [-0.3, -0.25) is 18.6 Å². The summed E-state index contributed by atoms with van der Waals surface area (Å²) < 4.78 is 33.6. The van der Waals surface area contributed by atoms with Crippen molar-refractivity contribution in [1.29, 1.82) is 0 Å².